The highest BCUT2D eigenvalue weighted by atomic mass is 127. The van der Waals surface area contributed by atoms with E-state index in [1.165, 1.54) is 0 Å². The smallest absolute Gasteiger partial charge is 0.309 e. The van der Waals surface area contributed by atoms with Gasteiger partial charge in [0.2, 0.25) is 0 Å². The number of alkyl halides is 2. The number of nitriles is 1. The normalized spacial score (nSPS) is 10.2. The number of halogens is 3. The SMILES string of the molecule is N#Cc1cc(C(F)F)nc(CC(=O)O)c1I. The second-order valence-corrected chi connectivity index (χ2v) is 3.92. The molecule has 0 saturated heterocycles. The van der Waals surface area contributed by atoms with Crippen molar-refractivity contribution in [2.75, 3.05) is 0 Å². The second kappa shape index (κ2) is 5.16. The lowest BCUT2D eigenvalue weighted by Gasteiger charge is -2.06. The van der Waals surface area contributed by atoms with E-state index in [0.717, 1.165) is 6.07 Å². The van der Waals surface area contributed by atoms with Crippen molar-refractivity contribution in [2.24, 2.45) is 0 Å². The molecule has 84 valence electrons. The Labute approximate surface area is 103 Å². The first-order valence-electron chi connectivity index (χ1n) is 4.05. The summed E-state index contributed by atoms with van der Waals surface area (Å²) in [6.45, 7) is 0. The minimum atomic E-state index is -2.82. The summed E-state index contributed by atoms with van der Waals surface area (Å²) in [6.07, 6.45) is -3.30. The van der Waals surface area contributed by atoms with Crippen LogP contribution in [0.1, 0.15) is 23.4 Å². The quantitative estimate of drug-likeness (QED) is 0.857. The van der Waals surface area contributed by atoms with Crippen molar-refractivity contribution in [3.8, 4) is 6.07 Å². The first kappa shape index (κ1) is 12.8. The van der Waals surface area contributed by atoms with Crippen LogP contribution >= 0.6 is 22.6 Å². The molecule has 0 aliphatic rings. The van der Waals surface area contributed by atoms with Crippen molar-refractivity contribution < 1.29 is 18.7 Å². The lowest BCUT2D eigenvalue weighted by Crippen LogP contribution is -2.08. The molecule has 0 amide bonds. The fourth-order valence-corrected chi connectivity index (χ4v) is 1.65. The molecule has 7 heteroatoms. The molecular formula is C9H5F2IN2O2. The molecule has 16 heavy (non-hydrogen) atoms. The van der Waals surface area contributed by atoms with Crippen LogP contribution < -0.4 is 0 Å². The highest BCUT2D eigenvalue weighted by Gasteiger charge is 2.17. The number of pyridine rings is 1. The molecular weight excluding hydrogens is 333 g/mol. The van der Waals surface area contributed by atoms with Gasteiger partial charge in [-0.25, -0.2) is 8.78 Å². The molecule has 0 radical (unpaired) electrons. The highest BCUT2D eigenvalue weighted by molar-refractivity contribution is 14.1. The van der Waals surface area contributed by atoms with Gasteiger partial charge in [-0.3, -0.25) is 9.78 Å². The largest absolute Gasteiger partial charge is 0.481 e. The van der Waals surface area contributed by atoms with Crippen LogP contribution in [0.4, 0.5) is 8.78 Å². The van der Waals surface area contributed by atoms with Crippen LogP contribution in [-0.2, 0) is 11.2 Å². The number of carboxylic acid groups (broad SMARTS) is 1. The van der Waals surface area contributed by atoms with Crippen LogP contribution in [0.3, 0.4) is 0 Å². The van der Waals surface area contributed by atoms with Gasteiger partial charge in [0, 0.05) is 0 Å². The summed E-state index contributed by atoms with van der Waals surface area (Å²) in [5, 5.41) is 17.3. The molecule has 0 fully saturated rings. The summed E-state index contributed by atoms with van der Waals surface area (Å²) in [4.78, 5) is 14.0. The lowest BCUT2D eigenvalue weighted by molar-refractivity contribution is -0.136. The summed E-state index contributed by atoms with van der Waals surface area (Å²) < 4.78 is 25.1. The van der Waals surface area contributed by atoms with Gasteiger partial charge in [0.15, 0.2) is 0 Å². The van der Waals surface area contributed by atoms with Crippen LogP contribution in [0.15, 0.2) is 6.07 Å². The van der Waals surface area contributed by atoms with E-state index in [2.05, 4.69) is 4.98 Å². The van der Waals surface area contributed by atoms with E-state index in [4.69, 9.17) is 10.4 Å². The van der Waals surface area contributed by atoms with Crippen molar-refractivity contribution in [1.29, 1.82) is 5.26 Å². The summed E-state index contributed by atoms with van der Waals surface area (Å²) in [6, 6.07) is 2.70. The van der Waals surface area contributed by atoms with Gasteiger partial charge in [0.1, 0.15) is 11.8 Å². The predicted octanol–water partition coefficient (Wildman–Crippen LogP) is 2.12. The topological polar surface area (TPSA) is 74.0 Å². The Morgan fingerprint density at radius 1 is 1.69 bits per heavy atom. The first-order chi connectivity index (χ1) is 7.45. The Bertz CT molecular complexity index is 471. The monoisotopic (exact) mass is 338 g/mol. The van der Waals surface area contributed by atoms with E-state index < -0.39 is 24.5 Å². The third kappa shape index (κ3) is 2.85. The van der Waals surface area contributed by atoms with Gasteiger partial charge in [-0.1, -0.05) is 0 Å². The maximum atomic E-state index is 12.4. The number of carbonyl (C=O) groups is 1. The highest BCUT2D eigenvalue weighted by Crippen LogP contribution is 2.23. The molecule has 4 nitrogen and oxygen atoms in total. The molecule has 1 heterocycles. The van der Waals surface area contributed by atoms with Crippen molar-refractivity contribution in [3.63, 3.8) is 0 Å². The van der Waals surface area contributed by atoms with Gasteiger partial charge in [-0.15, -0.1) is 0 Å². The molecule has 0 aromatic carbocycles. The number of nitrogens with zero attached hydrogens (tertiary/aromatic N) is 2. The number of aromatic nitrogens is 1. The summed E-state index contributed by atoms with van der Waals surface area (Å²) in [5.41, 5.74) is -0.571. The van der Waals surface area contributed by atoms with E-state index >= 15 is 0 Å². The number of hydrogen-bond acceptors (Lipinski definition) is 3. The summed E-state index contributed by atoms with van der Waals surface area (Å²) >= 11 is 1.72. The third-order valence-electron chi connectivity index (χ3n) is 1.71. The van der Waals surface area contributed by atoms with Gasteiger partial charge in [-0.05, 0) is 28.7 Å². The van der Waals surface area contributed by atoms with Crippen LogP contribution in [-0.4, -0.2) is 16.1 Å². The summed E-state index contributed by atoms with van der Waals surface area (Å²) in [7, 11) is 0. The maximum Gasteiger partial charge on any atom is 0.309 e. The molecule has 0 aliphatic heterocycles. The van der Waals surface area contributed by atoms with E-state index in [1.807, 2.05) is 0 Å². The lowest BCUT2D eigenvalue weighted by atomic mass is 10.1. The van der Waals surface area contributed by atoms with E-state index in [9.17, 15) is 13.6 Å². The standard InChI is InChI=1S/C9H5F2IN2O2/c10-9(11)6-1-4(3-13)8(12)5(14-6)2-7(15)16/h1,9H,2H2,(H,15,16). The van der Waals surface area contributed by atoms with E-state index in [-0.39, 0.29) is 11.3 Å². The molecule has 1 aromatic heterocycles. The first-order valence-corrected chi connectivity index (χ1v) is 5.13. The third-order valence-corrected chi connectivity index (χ3v) is 2.91. The van der Waals surface area contributed by atoms with Crippen LogP contribution in [0, 0.1) is 14.9 Å². The Kier molecular flexibility index (Phi) is 4.12. The Morgan fingerprint density at radius 3 is 2.75 bits per heavy atom. The van der Waals surface area contributed by atoms with Crippen molar-refractivity contribution in [2.45, 2.75) is 12.8 Å². The van der Waals surface area contributed by atoms with Crippen molar-refractivity contribution in [1.82, 2.24) is 4.98 Å². The zero-order chi connectivity index (χ0) is 12.3. The minimum Gasteiger partial charge on any atom is -0.481 e. The van der Waals surface area contributed by atoms with E-state index in [1.54, 1.807) is 28.7 Å². The van der Waals surface area contributed by atoms with Gasteiger partial charge >= 0.3 is 5.97 Å². The molecule has 0 atom stereocenters. The van der Waals surface area contributed by atoms with Crippen LogP contribution in [0.5, 0.6) is 0 Å². The van der Waals surface area contributed by atoms with Crippen LogP contribution in [0.25, 0.3) is 0 Å². The summed E-state index contributed by atoms with van der Waals surface area (Å²) in [5.74, 6) is -1.18. The fraction of sp³-hybridized carbons (Fsp3) is 0.222. The second-order valence-electron chi connectivity index (χ2n) is 2.84. The Balaban J connectivity index is 3.31. The number of carboxylic acids is 1. The average molecular weight is 338 g/mol. The minimum absolute atomic E-state index is 0.0116. The molecule has 1 aromatic rings. The average Bonchev–Trinajstić information content (AvgIpc) is 2.20. The van der Waals surface area contributed by atoms with Crippen LogP contribution in [0.2, 0.25) is 0 Å². The predicted molar refractivity (Wildman–Crippen MR) is 58.0 cm³/mol. The number of rotatable bonds is 3. The molecule has 0 spiro atoms. The Hall–Kier alpha value is -1.30. The number of hydrogen-bond donors (Lipinski definition) is 1. The Morgan fingerprint density at radius 2 is 2.31 bits per heavy atom. The van der Waals surface area contributed by atoms with E-state index in [0.29, 0.717) is 3.57 Å². The molecule has 1 rings (SSSR count). The van der Waals surface area contributed by atoms with Gasteiger partial charge in [0.05, 0.1) is 21.2 Å². The zero-order valence-corrected chi connectivity index (χ0v) is 9.90. The molecule has 0 bridgehead atoms. The van der Waals surface area contributed by atoms with Gasteiger partial charge in [-0.2, -0.15) is 5.26 Å². The number of aliphatic carboxylic acids is 1. The fourth-order valence-electron chi connectivity index (χ4n) is 1.06. The van der Waals surface area contributed by atoms with Crippen molar-refractivity contribution in [3.05, 3.63) is 26.6 Å². The maximum absolute atomic E-state index is 12.4. The molecule has 1 N–H and O–H groups in total. The molecule has 0 saturated carbocycles. The van der Waals surface area contributed by atoms with Gasteiger partial charge < -0.3 is 5.11 Å². The van der Waals surface area contributed by atoms with Crippen molar-refractivity contribution >= 4 is 28.6 Å². The molecule has 0 aliphatic carbocycles. The van der Waals surface area contributed by atoms with Gasteiger partial charge in [0.25, 0.3) is 6.43 Å². The molecule has 0 unspecified atom stereocenters. The zero-order valence-electron chi connectivity index (χ0n) is 7.75.